The third kappa shape index (κ3) is 5.06. The highest BCUT2D eigenvalue weighted by atomic mass is 19.1. The Kier molecular flexibility index (Phi) is 7.17. The SMILES string of the molecule is COc1c(F)cccc1Cc1c(-c2ccncc2OCC(C)(C)N2CCOCC2)[nH]c2c1C(=O)NCC2. The van der Waals surface area contributed by atoms with Gasteiger partial charge in [-0.1, -0.05) is 12.1 Å². The molecule has 3 aromatic rings. The van der Waals surface area contributed by atoms with E-state index in [2.05, 4.69) is 34.0 Å². The summed E-state index contributed by atoms with van der Waals surface area (Å²) in [6, 6.07) is 6.73. The first-order valence-electron chi connectivity index (χ1n) is 12.6. The molecule has 1 amide bonds. The van der Waals surface area contributed by atoms with E-state index in [1.54, 1.807) is 18.5 Å². The van der Waals surface area contributed by atoms with Crippen molar-refractivity contribution in [3.05, 3.63) is 64.9 Å². The molecule has 2 aliphatic heterocycles. The third-order valence-corrected chi connectivity index (χ3v) is 7.19. The standard InChI is InChI=1S/C28H33FN4O4/c1-28(2,33-11-13-36-14-12-33)17-37-23-16-30-9-7-19(23)25-20(24-22(32-25)8-10-31-27(24)34)15-18-5-4-6-21(29)26(18)35-3/h4-7,9,16,32H,8,10-15,17H2,1-3H3,(H,31,34). The average molecular weight is 509 g/mol. The van der Waals surface area contributed by atoms with Gasteiger partial charge in [-0.15, -0.1) is 0 Å². The summed E-state index contributed by atoms with van der Waals surface area (Å²) >= 11 is 0. The fourth-order valence-corrected chi connectivity index (χ4v) is 5.18. The van der Waals surface area contributed by atoms with E-state index in [4.69, 9.17) is 14.2 Å². The number of benzene rings is 1. The maximum absolute atomic E-state index is 14.5. The molecule has 37 heavy (non-hydrogen) atoms. The van der Waals surface area contributed by atoms with E-state index in [9.17, 15) is 9.18 Å². The zero-order chi connectivity index (χ0) is 26.0. The van der Waals surface area contributed by atoms with Crippen LogP contribution in [0.15, 0.2) is 36.7 Å². The number of morpholine rings is 1. The molecule has 2 aliphatic rings. The van der Waals surface area contributed by atoms with Crippen LogP contribution in [0.2, 0.25) is 0 Å². The summed E-state index contributed by atoms with van der Waals surface area (Å²) in [5.74, 6) is 0.223. The van der Waals surface area contributed by atoms with Gasteiger partial charge in [-0.25, -0.2) is 4.39 Å². The predicted octanol–water partition coefficient (Wildman–Crippen LogP) is 3.59. The third-order valence-electron chi connectivity index (χ3n) is 7.19. The van der Waals surface area contributed by atoms with E-state index in [1.807, 2.05) is 12.1 Å². The van der Waals surface area contributed by atoms with E-state index < -0.39 is 5.82 Å². The van der Waals surface area contributed by atoms with Crippen LogP contribution in [0, 0.1) is 5.82 Å². The smallest absolute Gasteiger partial charge is 0.253 e. The van der Waals surface area contributed by atoms with Gasteiger partial charge < -0.3 is 24.5 Å². The van der Waals surface area contributed by atoms with Gasteiger partial charge in [-0.2, -0.15) is 0 Å². The molecule has 5 rings (SSSR count). The van der Waals surface area contributed by atoms with E-state index >= 15 is 0 Å². The Labute approximate surface area is 216 Å². The molecular formula is C28H33FN4O4. The second-order valence-corrected chi connectivity index (χ2v) is 10.0. The van der Waals surface area contributed by atoms with E-state index in [0.717, 1.165) is 35.6 Å². The number of rotatable bonds is 8. The molecule has 0 saturated carbocycles. The minimum Gasteiger partial charge on any atom is -0.493 e. The Bertz CT molecular complexity index is 1280. The Morgan fingerprint density at radius 1 is 1.22 bits per heavy atom. The number of hydrogen-bond donors (Lipinski definition) is 2. The zero-order valence-corrected chi connectivity index (χ0v) is 21.5. The lowest BCUT2D eigenvalue weighted by Crippen LogP contribution is -2.53. The van der Waals surface area contributed by atoms with Crippen LogP contribution in [0.1, 0.15) is 41.0 Å². The highest BCUT2D eigenvalue weighted by molar-refractivity contribution is 6.00. The van der Waals surface area contributed by atoms with Gasteiger partial charge in [0, 0.05) is 61.0 Å². The molecule has 2 N–H and O–H groups in total. The number of H-pyrrole nitrogens is 1. The Morgan fingerprint density at radius 3 is 2.81 bits per heavy atom. The molecule has 1 saturated heterocycles. The quantitative estimate of drug-likeness (QED) is 0.484. The van der Waals surface area contributed by atoms with Crippen molar-refractivity contribution in [3.8, 4) is 22.8 Å². The van der Waals surface area contributed by atoms with Gasteiger partial charge in [0.05, 0.1) is 37.8 Å². The normalized spacial score (nSPS) is 16.3. The van der Waals surface area contributed by atoms with E-state index in [0.29, 0.717) is 56.1 Å². The maximum atomic E-state index is 14.5. The summed E-state index contributed by atoms with van der Waals surface area (Å²) in [6.45, 7) is 8.47. The van der Waals surface area contributed by atoms with Gasteiger partial charge in [0.2, 0.25) is 0 Å². The summed E-state index contributed by atoms with van der Waals surface area (Å²) in [7, 11) is 1.45. The number of ether oxygens (including phenoxy) is 3. The van der Waals surface area contributed by atoms with Gasteiger partial charge in [-0.3, -0.25) is 14.7 Å². The number of para-hydroxylation sites is 1. The molecule has 0 aliphatic carbocycles. The number of carbonyl (C=O) groups excluding carboxylic acids is 1. The summed E-state index contributed by atoms with van der Waals surface area (Å²) in [4.78, 5) is 23.2. The molecule has 2 aromatic heterocycles. The zero-order valence-electron chi connectivity index (χ0n) is 21.5. The van der Waals surface area contributed by atoms with E-state index in [-0.39, 0.29) is 17.2 Å². The van der Waals surface area contributed by atoms with Crippen molar-refractivity contribution in [1.82, 2.24) is 20.2 Å². The van der Waals surface area contributed by atoms with Crippen LogP contribution in [-0.4, -0.2) is 72.9 Å². The minimum absolute atomic E-state index is 0.140. The lowest BCUT2D eigenvalue weighted by atomic mass is 9.94. The van der Waals surface area contributed by atoms with Crippen molar-refractivity contribution < 1.29 is 23.4 Å². The van der Waals surface area contributed by atoms with Crippen LogP contribution in [0.3, 0.4) is 0 Å². The number of hydrogen-bond acceptors (Lipinski definition) is 6. The van der Waals surface area contributed by atoms with Crippen LogP contribution in [-0.2, 0) is 17.6 Å². The molecule has 1 aromatic carbocycles. The minimum atomic E-state index is -0.436. The topological polar surface area (TPSA) is 88.7 Å². The lowest BCUT2D eigenvalue weighted by molar-refractivity contribution is -0.0250. The second-order valence-electron chi connectivity index (χ2n) is 10.0. The van der Waals surface area contributed by atoms with Crippen molar-refractivity contribution in [1.29, 1.82) is 0 Å². The van der Waals surface area contributed by atoms with Crippen LogP contribution in [0.25, 0.3) is 11.3 Å². The first-order chi connectivity index (χ1) is 17.9. The number of fused-ring (bicyclic) bond motifs is 1. The summed E-state index contributed by atoms with van der Waals surface area (Å²) < 4.78 is 31.8. The largest absolute Gasteiger partial charge is 0.493 e. The number of aromatic amines is 1. The Hall–Kier alpha value is -3.43. The van der Waals surface area contributed by atoms with Crippen LogP contribution >= 0.6 is 0 Å². The fourth-order valence-electron chi connectivity index (χ4n) is 5.18. The van der Waals surface area contributed by atoms with Gasteiger partial charge in [0.15, 0.2) is 11.6 Å². The fraction of sp³-hybridized carbons (Fsp3) is 0.429. The van der Waals surface area contributed by atoms with Crippen molar-refractivity contribution in [2.45, 2.75) is 32.2 Å². The monoisotopic (exact) mass is 508 g/mol. The van der Waals surface area contributed by atoms with Gasteiger partial charge in [0.1, 0.15) is 12.4 Å². The number of methoxy groups -OCH3 is 1. The first kappa shape index (κ1) is 25.2. The van der Waals surface area contributed by atoms with Crippen LogP contribution < -0.4 is 14.8 Å². The molecular weight excluding hydrogens is 475 g/mol. The maximum Gasteiger partial charge on any atom is 0.253 e. The first-order valence-corrected chi connectivity index (χ1v) is 12.6. The number of pyridine rings is 1. The number of halogens is 1. The second kappa shape index (κ2) is 10.5. The summed E-state index contributed by atoms with van der Waals surface area (Å²) in [5, 5.41) is 2.94. The molecule has 8 nitrogen and oxygen atoms in total. The number of carbonyl (C=O) groups is 1. The number of nitrogens with one attached hydrogen (secondary N) is 2. The number of aromatic nitrogens is 2. The van der Waals surface area contributed by atoms with E-state index in [1.165, 1.54) is 13.2 Å². The molecule has 0 bridgehead atoms. The predicted molar refractivity (Wildman–Crippen MR) is 138 cm³/mol. The number of nitrogens with zero attached hydrogens (tertiary/aromatic N) is 2. The molecule has 4 heterocycles. The summed E-state index contributed by atoms with van der Waals surface area (Å²) in [6.07, 6.45) is 4.41. The van der Waals surface area contributed by atoms with Crippen molar-refractivity contribution in [2.75, 3.05) is 46.6 Å². The van der Waals surface area contributed by atoms with Gasteiger partial charge >= 0.3 is 0 Å². The van der Waals surface area contributed by atoms with Gasteiger partial charge in [0.25, 0.3) is 5.91 Å². The Balaban J connectivity index is 1.53. The molecule has 1 fully saturated rings. The van der Waals surface area contributed by atoms with Crippen LogP contribution in [0.4, 0.5) is 4.39 Å². The molecule has 0 atom stereocenters. The van der Waals surface area contributed by atoms with Crippen molar-refractivity contribution in [2.24, 2.45) is 0 Å². The molecule has 0 unspecified atom stereocenters. The molecule has 0 spiro atoms. The summed E-state index contributed by atoms with van der Waals surface area (Å²) in [5.41, 5.74) is 4.28. The van der Waals surface area contributed by atoms with Gasteiger partial charge in [-0.05, 0) is 31.5 Å². The lowest BCUT2D eigenvalue weighted by Gasteiger charge is -2.40. The highest BCUT2D eigenvalue weighted by Crippen LogP contribution is 2.38. The van der Waals surface area contributed by atoms with Crippen molar-refractivity contribution in [3.63, 3.8) is 0 Å². The number of amides is 1. The van der Waals surface area contributed by atoms with Crippen LogP contribution in [0.5, 0.6) is 11.5 Å². The van der Waals surface area contributed by atoms with Crippen molar-refractivity contribution >= 4 is 5.91 Å². The molecule has 0 radical (unpaired) electrons. The Morgan fingerprint density at radius 2 is 2.03 bits per heavy atom. The molecule has 9 heteroatoms. The molecule has 196 valence electrons. The average Bonchev–Trinajstić information content (AvgIpc) is 3.27. The highest BCUT2D eigenvalue weighted by Gasteiger charge is 2.31.